The van der Waals surface area contributed by atoms with Crippen LogP contribution in [0.2, 0.25) is 0 Å². The van der Waals surface area contributed by atoms with E-state index in [2.05, 4.69) is 285 Å². The Morgan fingerprint density at radius 2 is 0.365 bits per heavy atom. The first kappa shape index (κ1) is 72.7. The average Bonchev–Trinajstić information content (AvgIpc) is 1.57. The molecule has 4 heteroatoms. The molecule has 0 spiro atoms. The monoisotopic (exact) mass is 1250 g/mol. The molecule has 96 heavy (non-hydrogen) atoms. The lowest BCUT2D eigenvalue weighted by Crippen LogP contribution is -2.29. The van der Waals surface area contributed by atoms with Gasteiger partial charge in [0.15, 0.2) is 0 Å². The summed E-state index contributed by atoms with van der Waals surface area (Å²) in [5, 5.41) is 10.0. The van der Waals surface area contributed by atoms with Crippen LogP contribution < -0.4 is 82.2 Å². The molecule has 0 N–H and O–H groups in total. The van der Waals surface area contributed by atoms with Crippen LogP contribution in [-0.2, 0) is 0 Å². The lowest BCUT2D eigenvalue weighted by atomic mass is 10.1. The van der Waals surface area contributed by atoms with Crippen LogP contribution in [0, 0.1) is 0 Å². The second-order valence-corrected chi connectivity index (χ2v) is 23.9. The van der Waals surface area contributed by atoms with Crippen molar-refractivity contribution < 1.29 is 0 Å². The van der Waals surface area contributed by atoms with Gasteiger partial charge in [-0.05, 0) is 241 Å². The number of nitrogens with zero attached hydrogens (tertiary/aromatic N) is 4. The largest absolute Gasteiger partial charge is 0.372 e. The molecule has 0 atom stereocenters. The first-order chi connectivity index (χ1) is 47.3. The third-order valence-corrected chi connectivity index (χ3v) is 16.3. The molecule has 0 aromatic heterocycles. The molecule has 0 fully saturated rings. The molecule has 0 amide bonds. The van der Waals surface area contributed by atoms with Crippen molar-refractivity contribution in [2.24, 2.45) is 0 Å². The van der Waals surface area contributed by atoms with Gasteiger partial charge in [0.2, 0.25) is 0 Å². The van der Waals surface area contributed by atoms with Gasteiger partial charge in [0.1, 0.15) is 0 Å². The fourth-order valence-corrected chi connectivity index (χ4v) is 10.5. The van der Waals surface area contributed by atoms with Crippen molar-refractivity contribution in [1.82, 2.24) is 0 Å². The van der Waals surface area contributed by atoms with Crippen molar-refractivity contribution in [3.8, 4) is 0 Å². The Morgan fingerprint density at radius 1 is 0.188 bits per heavy atom. The van der Waals surface area contributed by atoms with E-state index in [1.54, 1.807) is 0 Å². The number of rotatable bonds is 28. The van der Waals surface area contributed by atoms with Crippen LogP contribution in [0.25, 0.3) is 68.8 Å². The zero-order valence-electron chi connectivity index (χ0n) is 58.3. The van der Waals surface area contributed by atoms with Crippen LogP contribution in [-0.4, -0.2) is 52.4 Å². The summed E-state index contributed by atoms with van der Waals surface area (Å²) in [6, 6.07) is 41.8. The van der Waals surface area contributed by atoms with Gasteiger partial charge in [0.25, 0.3) is 0 Å². The summed E-state index contributed by atoms with van der Waals surface area (Å²) in [6.45, 7) is 25.7. The molecule has 4 nitrogen and oxygen atoms in total. The van der Waals surface area contributed by atoms with Crippen LogP contribution in [0.5, 0.6) is 0 Å². The molecule has 480 valence electrons. The maximum atomic E-state index is 3.49. The van der Waals surface area contributed by atoms with Gasteiger partial charge in [-0.3, -0.25) is 0 Å². The Kier molecular flexibility index (Phi) is 32.1. The van der Waals surface area contributed by atoms with Gasteiger partial charge in [-0.25, -0.2) is 0 Å². The van der Waals surface area contributed by atoms with Crippen LogP contribution in [0.15, 0.2) is 190 Å². The maximum absolute atomic E-state index is 3.49. The Bertz CT molecular complexity index is 4610. The maximum Gasteiger partial charge on any atom is 0.0426 e. The van der Waals surface area contributed by atoms with Crippen molar-refractivity contribution in [3.05, 3.63) is 253 Å². The fraction of sp³-hybridized carbons (Fsp3) is 0.348. The highest BCUT2D eigenvalue weighted by Gasteiger charge is 2.10. The van der Waals surface area contributed by atoms with Crippen molar-refractivity contribution in [2.45, 2.75) is 158 Å². The molecule has 10 rings (SSSR count). The number of anilines is 4. The van der Waals surface area contributed by atoms with E-state index in [1.807, 2.05) is 48.5 Å². The first-order valence-electron chi connectivity index (χ1n) is 35.2. The van der Waals surface area contributed by atoms with Crippen LogP contribution >= 0.6 is 0 Å². The number of unbranched alkanes of at least 4 members (excludes halogenated alkanes) is 8. The van der Waals surface area contributed by atoms with E-state index in [1.165, 1.54) is 0 Å². The van der Waals surface area contributed by atoms with Gasteiger partial charge in [-0.2, -0.15) is 0 Å². The summed E-state index contributed by atoms with van der Waals surface area (Å²) in [5.74, 6) is 0. The number of hydrogen-bond acceptors (Lipinski definition) is 4. The lowest BCUT2D eigenvalue weighted by Gasteiger charge is -2.24. The van der Waals surface area contributed by atoms with E-state index in [0.29, 0.717) is 0 Å². The molecule has 6 aromatic rings. The van der Waals surface area contributed by atoms with Crippen LogP contribution in [0.4, 0.5) is 22.7 Å². The zero-order valence-corrected chi connectivity index (χ0v) is 58.3. The minimum absolute atomic E-state index is 0.802. The van der Waals surface area contributed by atoms with Gasteiger partial charge >= 0.3 is 0 Å². The number of hydrogen-bond donors (Lipinski definition) is 0. The smallest absolute Gasteiger partial charge is 0.0426 e. The van der Waals surface area contributed by atoms with Crippen LogP contribution in [0.3, 0.4) is 0 Å². The third-order valence-electron chi connectivity index (χ3n) is 16.3. The third kappa shape index (κ3) is 24.6. The Labute approximate surface area is 570 Å². The molecule has 4 aliphatic carbocycles. The highest BCUT2D eigenvalue weighted by atomic mass is 15.1. The normalized spacial score (nSPS) is 10.7. The molecule has 4 bridgehead atoms. The predicted octanol–water partition coefficient (Wildman–Crippen LogP) is 11.6. The second-order valence-electron chi connectivity index (χ2n) is 23.9. The Morgan fingerprint density at radius 3 is 0.542 bits per heavy atom. The Balaban J connectivity index is 1.63. The summed E-state index contributed by atoms with van der Waals surface area (Å²) in [4.78, 5) is 9.89. The summed E-state index contributed by atoms with van der Waals surface area (Å²) in [6.07, 6.45) is 17.8. The van der Waals surface area contributed by atoms with E-state index in [0.717, 1.165) is 240 Å². The van der Waals surface area contributed by atoms with Gasteiger partial charge in [0.05, 0.1) is 0 Å². The van der Waals surface area contributed by atoms with Crippen molar-refractivity contribution in [1.29, 1.82) is 0 Å². The molecule has 4 aliphatic rings. The summed E-state index contributed by atoms with van der Waals surface area (Å²) in [7, 11) is 0. The lowest BCUT2D eigenvalue weighted by molar-refractivity contribution is 0.678. The highest BCUT2D eigenvalue weighted by Crippen LogP contribution is 2.16. The van der Waals surface area contributed by atoms with Gasteiger partial charge in [-0.1, -0.05) is 176 Å². The molecule has 0 unspecified atom stereocenters. The molecule has 0 heterocycles. The first-order valence-corrected chi connectivity index (χ1v) is 35.2. The SMILES string of the molecule is CCCCN(CCCC)c1ccc2c(c1)=C=C=c1ccc(cc1)=C=C=c1cc(N(CCCC)CCCC)ccc1=C=C=C=C=C=C=C=C=c1ccc(N(CCCC)CCCC)cc1=C=C=c1ccc(cc1)=C=C=c1cc(N(CCCC)CCCC)ccc1=C=C=C=C=C=C=C=C=2. The van der Waals surface area contributed by atoms with Crippen LogP contribution in [0.1, 0.15) is 158 Å². The van der Waals surface area contributed by atoms with E-state index < -0.39 is 0 Å². The summed E-state index contributed by atoms with van der Waals surface area (Å²) >= 11 is 0. The van der Waals surface area contributed by atoms with E-state index in [-0.39, 0.29) is 0 Å². The molecule has 6 aromatic carbocycles. The molecule has 0 aliphatic heterocycles. The standard InChI is InChI=1S/C92H92N4/c1-9-17-65-93(66-18-10-2)89-61-57-81-37-33-29-25-26-30-34-38-82-58-62-91(95(69-21-13-5)70-22-14-6)75-87(82)55-51-79-45-47-80(48-46-79)52-56-88-76-92(96(71-23-15-7)72-24-16-8)64-60-84(88)40-36-32-28-27-31-35-39-83-59-63-90(94(67-19-11-3)68-20-12-4)74-86(83)54-50-78-43-41-77(42-44-78)49-53-85(81)73-89/h41-48,57-64,73-76H,9-24,65-72H2,1-8H3. The zero-order chi connectivity index (χ0) is 67.6. The highest BCUT2D eigenvalue weighted by molar-refractivity contribution is 5.55. The van der Waals surface area contributed by atoms with Crippen molar-refractivity contribution in [2.75, 3.05) is 72.0 Å². The van der Waals surface area contributed by atoms with Gasteiger partial charge < -0.3 is 19.6 Å². The molecule has 0 radical (unpaired) electrons. The summed E-state index contributed by atoms with van der Waals surface area (Å²) in [5.41, 5.74) is 81.3. The summed E-state index contributed by atoms with van der Waals surface area (Å²) < 4.78 is 0. The molecule has 0 saturated heterocycles. The van der Waals surface area contributed by atoms with E-state index >= 15 is 0 Å². The molecule has 0 saturated carbocycles. The fourth-order valence-electron chi connectivity index (χ4n) is 10.5. The Hall–Kier alpha value is -10.8. The topological polar surface area (TPSA) is 13.0 Å². The second kappa shape index (κ2) is 42.5. The average molecular weight is 1250 g/mol. The quantitative estimate of drug-likeness (QED) is 0.0453. The van der Waals surface area contributed by atoms with Gasteiger partial charge in [-0.15, -0.1) is 0 Å². The van der Waals surface area contributed by atoms with Gasteiger partial charge in [0, 0.05) is 138 Å². The minimum atomic E-state index is 0.802. The minimum Gasteiger partial charge on any atom is -0.372 e. The van der Waals surface area contributed by atoms with E-state index in [4.69, 9.17) is 0 Å². The predicted molar refractivity (Wildman–Crippen MR) is 405 cm³/mol. The molecular weight excluding hydrogens is 1160 g/mol. The van der Waals surface area contributed by atoms with Crippen molar-refractivity contribution in [3.63, 3.8) is 0 Å². The molecular formula is C92H92N4. The van der Waals surface area contributed by atoms with E-state index in [9.17, 15) is 0 Å². The van der Waals surface area contributed by atoms with Crippen molar-refractivity contribution >= 4 is 91.5 Å². The number of benzene rings is 6.